The van der Waals surface area contributed by atoms with Gasteiger partial charge in [-0.15, -0.1) is 11.6 Å². The van der Waals surface area contributed by atoms with Crippen LogP contribution in [0.25, 0.3) is 10.8 Å². The van der Waals surface area contributed by atoms with Crippen molar-refractivity contribution in [2.45, 2.75) is 18.7 Å². The standard InChI is InChI=1S/C16H17ClN2O/c1-11-10-19(9-7-14(11)17)16(20)15-13-5-3-2-4-12(13)6-8-18-15/h2-6,8,11,14H,7,9-10H2,1H3. The molecular weight excluding hydrogens is 272 g/mol. The van der Waals surface area contributed by atoms with E-state index in [2.05, 4.69) is 11.9 Å². The summed E-state index contributed by atoms with van der Waals surface area (Å²) in [7, 11) is 0. The first-order chi connectivity index (χ1) is 9.66. The van der Waals surface area contributed by atoms with Gasteiger partial charge in [0.15, 0.2) is 0 Å². The monoisotopic (exact) mass is 288 g/mol. The van der Waals surface area contributed by atoms with Crippen LogP contribution in [0, 0.1) is 5.92 Å². The van der Waals surface area contributed by atoms with Crippen LogP contribution >= 0.6 is 11.6 Å². The molecule has 0 spiro atoms. The number of halogens is 1. The summed E-state index contributed by atoms with van der Waals surface area (Å²) in [5, 5.41) is 2.13. The lowest BCUT2D eigenvalue weighted by molar-refractivity contribution is 0.0683. The number of piperidine rings is 1. The molecule has 2 heterocycles. The second-order valence-corrected chi connectivity index (χ2v) is 5.97. The van der Waals surface area contributed by atoms with Gasteiger partial charge in [-0.3, -0.25) is 9.78 Å². The molecule has 1 amide bonds. The summed E-state index contributed by atoms with van der Waals surface area (Å²) in [6, 6.07) is 9.79. The number of hydrogen-bond donors (Lipinski definition) is 0. The number of rotatable bonds is 1. The zero-order chi connectivity index (χ0) is 14.1. The molecule has 3 rings (SSSR count). The number of hydrogen-bond acceptors (Lipinski definition) is 2. The number of fused-ring (bicyclic) bond motifs is 1. The Morgan fingerprint density at radius 3 is 2.95 bits per heavy atom. The second-order valence-electron chi connectivity index (χ2n) is 5.41. The maximum atomic E-state index is 12.7. The summed E-state index contributed by atoms with van der Waals surface area (Å²) < 4.78 is 0. The van der Waals surface area contributed by atoms with Crippen LogP contribution in [0.2, 0.25) is 0 Å². The number of aromatic nitrogens is 1. The van der Waals surface area contributed by atoms with E-state index in [1.54, 1.807) is 6.20 Å². The van der Waals surface area contributed by atoms with Gasteiger partial charge >= 0.3 is 0 Å². The smallest absolute Gasteiger partial charge is 0.273 e. The van der Waals surface area contributed by atoms with E-state index in [0.717, 1.165) is 17.2 Å². The SMILES string of the molecule is CC1CN(C(=O)c2nccc3ccccc23)CCC1Cl. The fourth-order valence-corrected chi connectivity index (χ4v) is 2.92. The van der Waals surface area contributed by atoms with Crippen LogP contribution in [0.5, 0.6) is 0 Å². The molecular formula is C16H17ClN2O. The molecule has 104 valence electrons. The number of nitrogens with zero attached hydrogens (tertiary/aromatic N) is 2. The van der Waals surface area contributed by atoms with Crippen molar-refractivity contribution in [1.82, 2.24) is 9.88 Å². The molecule has 0 aliphatic carbocycles. The van der Waals surface area contributed by atoms with Crippen LogP contribution in [0.15, 0.2) is 36.5 Å². The van der Waals surface area contributed by atoms with E-state index in [1.807, 2.05) is 35.2 Å². The van der Waals surface area contributed by atoms with Gasteiger partial charge in [-0.1, -0.05) is 31.2 Å². The number of carbonyl (C=O) groups excluding carboxylic acids is 1. The zero-order valence-corrected chi connectivity index (χ0v) is 12.2. The lowest BCUT2D eigenvalue weighted by Gasteiger charge is -2.34. The third-order valence-electron chi connectivity index (χ3n) is 3.96. The maximum Gasteiger partial charge on any atom is 0.273 e. The van der Waals surface area contributed by atoms with Crippen molar-refractivity contribution in [2.75, 3.05) is 13.1 Å². The summed E-state index contributed by atoms with van der Waals surface area (Å²) in [6.45, 7) is 3.51. The van der Waals surface area contributed by atoms with Gasteiger partial charge in [-0.2, -0.15) is 0 Å². The molecule has 0 bridgehead atoms. The van der Waals surface area contributed by atoms with Gasteiger partial charge in [-0.05, 0) is 23.8 Å². The number of likely N-dealkylation sites (tertiary alicyclic amines) is 1. The number of carbonyl (C=O) groups is 1. The first kappa shape index (κ1) is 13.4. The average Bonchev–Trinajstić information content (AvgIpc) is 2.49. The Morgan fingerprint density at radius 1 is 1.35 bits per heavy atom. The van der Waals surface area contributed by atoms with Crippen molar-refractivity contribution in [3.8, 4) is 0 Å². The van der Waals surface area contributed by atoms with E-state index in [9.17, 15) is 4.79 Å². The number of pyridine rings is 1. The highest BCUT2D eigenvalue weighted by Gasteiger charge is 2.28. The summed E-state index contributed by atoms with van der Waals surface area (Å²) in [6.07, 6.45) is 2.55. The van der Waals surface area contributed by atoms with Gasteiger partial charge in [0, 0.05) is 30.0 Å². The van der Waals surface area contributed by atoms with Crippen molar-refractivity contribution >= 4 is 28.3 Å². The summed E-state index contributed by atoms with van der Waals surface area (Å²) in [5.74, 6) is 0.335. The summed E-state index contributed by atoms with van der Waals surface area (Å²) in [5.41, 5.74) is 0.545. The van der Waals surface area contributed by atoms with E-state index in [-0.39, 0.29) is 11.3 Å². The number of amides is 1. The predicted molar refractivity (Wildman–Crippen MR) is 81.1 cm³/mol. The molecule has 1 aromatic carbocycles. The molecule has 0 N–H and O–H groups in total. The van der Waals surface area contributed by atoms with Gasteiger partial charge in [0.1, 0.15) is 5.69 Å². The molecule has 1 saturated heterocycles. The molecule has 1 fully saturated rings. The highest BCUT2D eigenvalue weighted by atomic mass is 35.5. The molecule has 2 unspecified atom stereocenters. The second kappa shape index (κ2) is 5.41. The Labute approximate surface area is 123 Å². The van der Waals surface area contributed by atoms with Gasteiger partial charge < -0.3 is 4.90 Å². The van der Waals surface area contributed by atoms with E-state index in [0.29, 0.717) is 24.7 Å². The highest BCUT2D eigenvalue weighted by Crippen LogP contribution is 2.24. The van der Waals surface area contributed by atoms with Gasteiger partial charge in [0.05, 0.1) is 0 Å². The van der Waals surface area contributed by atoms with Gasteiger partial charge in [0.2, 0.25) is 0 Å². The van der Waals surface area contributed by atoms with Crippen molar-refractivity contribution in [1.29, 1.82) is 0 Å². The molecule has 3 nitrogen and oxygen atoms in total. The molecule has 0 saturated carbocycles. The van der Waals surface area contributed by atoms with Crippen molar-refractivity contribution in [2.24, 2.45) is 5.92 Å². The Kier molecular flexibility index (Phi) is 3.62. The number of alkyl halides is 1. The van der Waals surface area contributed by atoms with Crippen molar-refractivity contribution in [3.05, 3.63) is 42.2 Å². The minimum atomic E-state index is 0.0113. The van der Waals surface area contributed by atoms with E-state index in [1.165, 1.54) is 0 Å². The quantitative estimate of drug-likeness (QED) is 0.754. The largest absolute Gasteiger partial charge is 0.337 e. The number of benzene rings is 1. The molecule has 4 heteroatoms. The Balaban J connectivity index is 1.93. The van der Waals surface area contributed by atoms with E-state index < -0.39 is 0 Å². The third-order valence-corrected chi connectivity index (χ3v) is 4.61. The fraction of sp³-hybridized carbons (Fsp3) is 0.375. The topological polar surface area (TPSA) is 33.2 Å². The van der Waals surface area contributed by atoms with Crippen LogP contribution in [0.3, 0.4) is 0 Å². The molecule has 1 aliphatic heterocycles. The Morgan fingerprint density at radius 2 is 2.15 bits per heavy atom. The molecule has 1 aliphatic rings. The van der Waals surface area contributed by atoms with Crippen LogP contribution in [-0.2, 0) is 0 Å². The minimum absolute atomic E-state index is 0.0113. The van der Waals surface area contributed by atoms with Gasteiger partial charge in [0.25, 0.3) is 5.91 Å². The van der Waals surface area contributed by atoms with Gasteiger partial charge in [-0.25, -0.2) is 0 Å². The van der Waals surface area contributed by atoms with Crippen LogP contribution in [-0.4, -0.2) is 34.3 Å². The summed E-state index contributed by atoms with van der Waals surface area (Å²) >= 11 is 6.22. The lowest BCUT2D eigenvalue weighted by atomic mass is 9.99. The van der Waals surface area contributed by atoms with Crippen LogP contribution in [0.1, 0.15) is 23.8 Å². The fourth-order valence-electron chi connectivity index (χ4n) is 2.74. The molecule has 2 aromatic rings. The average molecular weight is 289 g/mol. The normalized spacial score (nSPS) is 23.0. The Bertz CT molecular complexity index is 638. The first-order valence-corrected chi connectivity index (χ1v) is 7.37. The summed E-state index contributed by atoms with van der Waals surface area (Å²) in [4.78, 5) is 18.9. The zero-order valence-electron chi connectivity index (χ0n) is 11.4. The molecule has 2 atom stereocenters. The van der Waals surface area contributed by atoms with Crippen LogP contribution < -0.4 is 0 Å². The van der Waals surface area contributed by atoms with E-state index >= 15 is 0 Å². The van der Waals surface area contributed by atoms with Crippen molar-refractivity contribution in [3.63, 3.8) is 0 Å². The first-order valence-electron chi connectivity index (χ1n) is 6.94. The Hall–Kier alpha value is -1.61. The van der Waals surface area contributed by atoms with Crippen molar-refractivity contribution < 1.29 is 4.79 Å². The molecule has 0 radical (unpaired) electrons. The highest BCUT2D eigenvalue weighted by molar-refractivity contribution is 6.20. The lowest BCUT2D eigenvalue weighted by Crippen LogP contribution is -2.43. The molecule has 20 heavy (non-hydrogen) atoms. The maximum absolute atomic E-state index is 12.7. The van der Waals surface area contributed by atoms with Crippen LogP contribution in [0.4, 0.5) is 0 Å². The molecule has 1 aromatic heterocycles. The minimum Gasteiger partial charge on any atom is -0.337 e. The third kappa shape index (κ3) is 2.38. The predicted octanol–water partition coefficient (Wildman–Crippen LogP) is 3.32. The van der Waals surface area contributed by atoms with E-state index in [4.69, 9.17) is 11.6 Å².